The summed E-state index contributed by atoms with van der Waals surface area (Å²) in [6, 6.07) is 0.363. The van der Waals surface area contributed by atoms with Crippen LogP contribution in [0.2, 0.25) is 0 Å². The van der Waals surface area contributed by atoms with E-state index in [1.165, 1.54) is 37.0 Å². The van der Waals surface area contributed by atoms with E-state index in [1.54, 1.807) is 12.3 Å². The maximum absolute atomic E-state index is 12.6. The summed E-state index contributed by atoms with van der Waals surface area (Å²) in [7, 11) is 0. The first kappa shape index (κ1) is 19.9. The fraction of sp³-hybridized carbons (Fsp3) is 0.737. The zero-order chi connectivity index (χ0) is 18.1. The molecule has 1 aromatic heterocycles. The Labute approximate surface area is 154 Å². The van der Waals surface area contributed by atoms with Crippen LogP contribution >= 0.6 is 11.3 Å². The van der Waals surface area contributed by atoms with Crippen LogP contribution in [0.25, 0.3) is 0 Å². The van der Waals surface area contributed by atoms with E-state index >= 15 is 0 Å². The van der Waals surface area contributed by atoms with Crippen molar-refractivity contribution in [1.82, 2.24) is 9.88 Å². The molecule has 0 aliphatic heterocycles. The lowest BCUT2D eigenvalue weighted by Crippen LogP contribution is -2.32. The monoisotopic (exact) mass is 366 g/mol. The first-order valence-corrected chi connectivity index (χ1v) is 10.4. The number of nitrogens with zero attached hydrogens (tertiary/aromatic N) is 2. The highest BCUT2D eigenvalue weighted by Gasteiger charge is 2.32. The van der Waals surface area contributed by atoms with Crippen molar-refractivity contribution in [2.24, 2.45) is 0 Å². The molecule has 1 aliphatic rings. The van der Waals surface area contributed by atoms with E-state index in [0.717, 1.165) is 30.7 Å². The second kappa shape index (κ2) is 10.5. The molecule has 6 heteroatoms. The molecule has 140 valence electrons. The Morgan fingerprint density at radius 2 is 1.92 bits per heavy atom. The molecule has 1 amide bonds. The van der Waals surface area contributed by atoms with Crippen LogP contribution < -0.4 is 0 Å². The van der Waals surface area contributed by atoms with Crippen LogP contribution in [0.3, 0.4) is 0 Å². The third kappa shape index (κ3) is 6.77. The van der Waals surface area contributed by atoms with Gasteiger partial charge < -0.3 is 9.64 Å². The number of esters is 1. The topological polar surface area (TPSA) is 59.5 Å². The van der Waals surface area contributed by atoms with Gasteiger partial charge in [0, 0.05) is 17.8 Å². The van der Waals surface area contributed by atoms with Gasteiger partial charge in [0.25, 0.3) is 0 Å². The fourth-order valence-corrected chi connectivity index (χ4v) is 3.60. The predicted octanol–water partition coefficient (Wildman–Crippen LogP) is 4.56. The molecule has 25 heavy (non-hydrogen) atoms. The van der Waals surface area contributed by atoms with Gasteiger partial charge in [0.05, 0.1) is 13.2 Å². The molecule has 1 heterocycles. The molecule has 0 radical (unpaired) electrons. The van der Waals surface area contributed by atoms with Gasteiger partial charge >= 0.3 is 5.97 Å². The van der Waals surface area contributed by atoms with Crippen molar-refractivity contribution in [3.05, 3.63) is 16.1 Å². The zero-order valence-electron chi connectivity index (χ0n) is 15.5. The Morgan fingerprint density at radius 1 is 1.20 bits per heavy atom. The second-order valence-electron chi connectivity index (χ2n) is 6.62. The number of hydrogen-bond acceptors (Lipinski definition) is 5. The van der Waals surface area contributed by atoms with Crippen molar-refractivity contribution in [3.8, 4) is 0 Å². The van der Waals surface area contributed by atoms with Crippen molar-refractivity contribution in [2.75, 3.05) is 6.61 Å². The molecule has 2 rings (SSSR count). The molecule has 0 spiro atoms. The maximum atomic E-state index is 12.6. The Hall–Kier alpha value is -1.43. The molecule has 0 atom stereocenters. The molecule has 5 nitrogen and oxygen atoms in total. The first-order chi connectivity index (χ1) is 12.2. The van der Waals surface area contributed by atoms with Crippen LogP contribution in [0.5, 0.6) is 0 Å². The minimum absolute atomic E-state index is 0.228. The Morgan fingerprint density at radius 3 is 2.60 bits per heavy atom. The van der Waals surface area contributed by atoms with Crippen LogP contribution in [-0.2, 0) is 16.1 Å². The third-order valence-electron chi connectivity index (χ3n) is 4.39. The number of ether oxygens (including phenoxy) is 1. The maximum Gasteiger partial charge on any atom is 0.357 e. The Kier molecular flexibility index (Phi) is 8.38. The Balaban J connectivity index is 1.80. The molecule has 0 N–H and O–H groups in total. The molecule has 0 bridgehead atoms. The lowest BCUT2D eigenvalue weighted by atomic mass is 10.1. The number of rotatable bonds is 12. The zero-order valence-corrected chi connectivity index (χ0v) is 16.3. The summed E-state index contributed by atoms with van der Waals surface area (Å²) >= 11 is 1.43. The molecule has 1 aromatic rings. The van der Waals surface area contributed by atoms with Gasteiger partial charge in [0.1, 0.15) is 5.01 Å². The molecular formula is C19H30N2O3S. The first-order valence-electron chi connectivity index (χ1n) is 9.56. The van der Waals surface area contributed by atoms with E-state index in [1.807, 2.05) is 4.90 Å². The smallest absolute Gasteiger partial charge is 0.357 e. The number of hydrogen-bond donors (Lipinski definition) is 0. The normalized spacial score (nSPS) is 13.7. The number of carbonyl (C=O) groups is 2. The number of thiazole rings is 1. The lowest BCUT2D eigenvalue weighted by molar-refractivity contribution is -0.132. The molecule has 1 saturated carbocycles. The minimum Gasteiger partial charge on any atom is -0.461 e. The van der Waals surface area contributed by atoms with E-state index in [9.17, 15) is 9.59 Å². The number of aromatic nitrogens is 1. The molecule has 0 aromatic carbocycles. The van der Waals surface area contributed by atoms with E-state index in [0.29, 0.717) is 31.3 Å². The van der Waals surface area contributed by atoms with Gasteiger partial charge in [-0.2, -0.15) is 0 Å². The highest BCUT2D eigenvalue weighted by molar-refractivity contribution is 7.09. The van der Waals surface area contributed by atoms with Gasteiger partial charge in [-0.25, -0.2) is 9.78 Å². The largest absolute Gasteiger partial charge is 0.461 e. The molecule has 0 unspecified atom stereocenters. The van der Waals surface area contributed by atoms with Gasteiger partial charge in [-0.05, 0) is 26.2 Å². The average molecular weight is 367 g/mol. The molecule has 1 aliphatic carbocycles. The quantitative estimate of drug-likeness (QED) is 0.402. The second-order valence-corrected chi connectivity index (χ2v) is 7.56. The van der Waals surface area contributed by atoms with Gasteiger partial charge in [-0.1, -0.05) is 39.0 Å². The lowest BCUT2D eigenvalue weighted by Gasteiger charge is -2.21. The van der Waals surface area contributed by atoms with E-state index < -0.39 is 0 Å². The predicted molar refractivity (Wildman–Crippen MR) is 99.6 cm³/mol. The van der Waals surface area contributed by atoms with Crippen molar-refractivity contribution in [2.45, 2.75) is 84.2 Å². The molecular weight excluding hydrogens is 336 g/mol. The van der Waals surface area contributed by atoms with E-state index in [4.69, 9.17) is 4.74 Å². The number of amides is 1. The summed E-state index contributed by atoms with van der Waals surface area (Å²) in [5, 5.41) is 2.53. The van der Waals surface area contributed by atoms with Crippen molar-refractivity contribution >= 4 is 23.2 Å². The van der Waals surface area contributed by atoms with E-state index in [-0.39, 0.29) is 11.9 Å². The van der Waals surface area contributed by atoms with E-state index in [2.05, 4.69) is 11.9 Å². The van der Waals surface area contributed by atoms with Crippen molar-refractivity contribution in [3.63, 3.8) is 0 Å². The summed E-state index contributed by atoms with van der Waals surface area (Å²) in [5.74, 6) is -0.160. The summed E-state index contributed by atoms with van der Waals surface area (Å²) < 4.78 is 4.97. The Bertz CT molecular complexity index is 555. The summed E-state index contributed by atoms with van der Waals surface area (Å²) in [5.41, 5.74) is 0.348. The standard InChI is InChI=1S/C19H30N2O3S/c1-3-5-6-7-8-9-10-18(22)21(15-11-12-15)13-17-20-16(14-25-17)19(23)24-4-2/h14-15H,3-13H2,1-2H3. The van der Waals surface area contributed by atoms with Gasteiger partial charge in [0.2, 0.25) is 5.91 Å². The van der Waals surface area contributed by atoms with Crippen molar-refractivity contribution < 1.29 is 14.3 Å². The fourth-order valence-electron chi connectivity index (χ4n) is 2.84. The van der Waals surface area contributed by atoms with Crippen LogP contribution in [0.1, 0.15) is 87.1 Å². The number of carbonyl (C=O) groups excluding carboxylic acids is 2. The van der Waals surface area contributed by atoms with Gasteiger partial charge in [0.15, 0.2) is 5.69 Å². The van der Waals surface area contributed by atoms with Crippen LogP contribution in [-0.4, -0.2) is 34.4 Å². The highest BCUT2D eigenvalue weighted by Crippen LogP contribution is 2.30. The van der Waals surface area contributed by atoms with Crippen molar-refractivity contribution in [1.29, 1.82) is 0 Å². The SMILES string of the molecule is CCCCCCCCC(=O)N(Cc1nc(C(=O)OCC)cs1)C1CC1. The highest BCUT2D eigenvalue weighted by atomic mass is 32.1. The average Bonchev–Trinajstić information content (AvgIpc) is 3.33. The van der Waals surface area contributed by atoms with Gasteiger partial charge in [-0.15, -0.1) is 11.3 Å². The summed E-state index contributed by atoms with van der Waals surface area (Å²) in [6.45, 7) is 4.85. The third-order valence-corrected chi connectivity index (χ3v) is 5.23. The summed E-state index contributed by atoms with van der Waals surface area (Å²) in [6.07, 6.45) is 9.92. The summed E-state index contributed by atoms with van der Waals surface area (Å²) in [4.78, 5) is 30.6. The molecule has 0 saturated heterocycles. The van der Waals surface area contributed by atoms with Gasteiger partial charge in [-0.3, -0.25) is 4.79 Å². The molecule has 1 fully saturated rings. The minimum atomic E-state index is -0.388. The number of unbranched alkanes of at least 4 members (excludes halogenated alkanes) is 5. The van der Waals surface area contributed by atoms with Crippen LogP contribution in [0, 0.1) is 0 Å². The van der Waals surface area contributed by atoms with Crippen LogP contribution in [0.4, 0.5) is 0 Å². The van der Waals surface area contributed by atoms with Crippen LogP contribution in [0.15, 0.2) is 5.38 Å².